The molecule has 1 rings (SSSR count). The third-order valence-corrected chi connectivity index (χ3v) is 2.14. The SMILES string of the molecule is C=C(CC(C)(C)C#N)c1ccccc1. The molecule has 0 aliphatic carbocycles. The van der Waals surface area contributed by atoms with Crippen LogP contribution in [0.25, 0.3) is 5.57 Å². The molecule has 0 aliphatic heterocycles. The quantitative estimate of drug-likeness (QED) is 0.705. The van der Waals surface area contributed by atoms with Gasteiger partial charge in [-0.15, -0.1) is 0 Å². The van der Waals surface area contributed by atoms with Gasteiger partial charge in [-0.05, 0) is 31.4 Å². The van der Waals surface area contributed by atoms with Crippen LogP contribution in [0.4, 0.5) is 0 Å². The molecule has 0 bridgehead atoms. The van der Waals surface area contributed by atoms with Crippen LogP contribution in [0.1, 0.15) is 25.8 Å². The first-order valence-corrected chi connectivity index (χ1v) is 4.69. The summed E-state index contributed by atoms with van der Waals surface area (Å²) in [7, 11) is 0. The van der Waals surface area contributed by atoms with E-state index in [2.05, 4.69) is 12.6 Å². The van der Waals surface area contributed by atoms with E-state index in [1.54, 1.807) is 0 Å². The normalized spacial score (nSPS) is 10.6. The number of hydrogen-bond acceptors (Lipinski definition) is 1. The second kappa shape index (κ2) is 4.11. The van der Waals surface area contributed by atoms with Gasteiger partial charge in [0.1, 0.15) is 0 Å². The lowest BCUT2D eigenvalue weighted by Gasteiger charge is -2.16. The summed E-state index contributed by atoms with van der Waals surface area (Å²) in [5, 5.41) is 8.90. The molecule has 0 N–H and O–H groups in total. The summed E-state index contributed by atoms with van der Waals surface area (Å²) < 4.78 is 0. The molecule has 0 radical (unpaired) electrons. The first-order valence-electron chi connectivity index (χ1n) is 4.69. The molecule has 0 unspecified atom stereocenters. The van der Waals surface area contributed by atoms with Gasteiger partial charge in [0, 0.05) is 0 Å². The van der Waals surface area contributed by atoms with Crippen LogP contribution in [0, 0.1) is 16.7 Å². The van der Waals surface area contributed by atoms with Gasteiger partial charge in [0.25, 0.3) is 0 Å². The van der Waals surface area contributed by atoms with Crippen LogP contribution in [0.2, 0.25) is 0 Å². The van der Waals surface area contributed by atoms with E-state index in [0.29, 0.717) is 6.42 Å². The fourth-order valence-corrected chi connectivity index (χ4v) is 1.35. The van der Waals surface area contributed by atoms with Crippen LogP contribution in [0.3, 0.4) is 0 Å². The highest BCUT2D eigenvalue weighted by Gasteiger charge is 2.18. The molecular weight excluding hydrogens is 170 g/mol. The van der Waals surface area contributed by atoms with Gasteiger partial charge in [-0.1, -0.05) is 36.9 Å². The van der Waals surface area contributed by atoms with Crippen molar-refractivity contribution in [3.63, 3.8) is 0 Å². The molecule has 0 aliphatic rings. The van der Waals surface area contributed by atoms with Crippen LogP contribution >= 0.6 is 0 Å². The Labute approximate surface area is 85.7 Å². The summed E-state index contributed by atoms with van der Waals surface area (Å²) in [6.07, 6.45) is 0.716. The van der Waals surface area contributed by atoms with Gasteiger partial charge < -0.3 is 0 Å². The molecule has 0 saturated heterocycles. The fourth-order valence-electron chi connectivity index (χ4n) is 1.35. The maximum Gasteiger partial charge on any atom is 0.0687 e. The van der Waals surface area contributed by atoms with Crippen LogP contribution in [0.5, 0.6) is 0 Å². The van der Waals surface area contributed by atoms with E-state index in [9.17, 15) is 0 Å². The highest BCUT2D eigenvalue weighted by atomic mass is 14.3. The molecule has 0 spiro atoms. The van der Waals surface area contributed by atoms with E-state index in [0.717, 1.165) is 11.1 Å². The second-order valence-corrected chi connectivity index (χ2v) is 4.14. The van der Waals surface area contributed by atoms with Gasteiger partial charge in [0.05, 0.1) is 11.5 Å². The third kappa shape index (κ3) is 2.74. The summed E-state index contributed by atoms with van der Waals surface area (Å²) in [5.74, 6) is 0. The lowest BCUT2D eigenvalue weighted by molar-refractivity contribution is 0.513. The Hall–Kier alpha value is -1.55. The topological polar surface area (TPSA) is 23.8 Å². The van der Waals surface area contributed by atoms with Gasteiger partial charge in [-0.25, -0.2) is 0 Å². The summed E-state index contributed by atoms with van der Waals surface area (Å²) in [5.41, 5.74) is 1.82. The molecule has 0 aromatic heterocycles. The zero-order valence-corrected chi connectivity index (χ0v) is 8.75. The molecule has 0 heterocycles. The molecular formula is C13H15N. The fraction of sp³-hybridized carbons (Fsp3) is 0.308. The van der Waals surface area contributed by atoms with Crippen molar-refractivity contribution in [2.45, 2.75) is 20.3 Å². The standard InChI is InChI=1S/C13H15N/c1-11(9-13(2,3)10-14)12-7-5-4-6-8-12/h4-8H,1,9H2,2-3H3. The largest absolute Gasteiger partial charge is 0.198 e. The summed E-state index contributed by atoms with van der Waals surface area (Å²) in [4.78, 5) is 0. The van der Waals surface area contributed by atoms with E-state index < -0.39 is 0 Å². The highest BCUT2D eigenvalue weighted by Crippen LogP contribution is 2.28. The molecule has 1 aromatic carbocycles. The Kier molecular flexibility index (Phi) is 3.09. The van der Waals surface area contributed by atoms with E-state index in [-0.39, 0.29) is 5.41 Å². The Morgan fingerprint density at radius 1 is 1.36 bits per heavy atom. The summed E-state index contributed by atoms with van der Waals surface area (Å²) >= 11 is 0. The zero-order chi connectivity index (χ0) is 10.6. The number of nitriles is 1. The summed E-state index contributed by atoms with van der Waals surface area (Å²) in [6, 6.07) is 12.3. The molecule has 0 fully saturated rings. The number of hydrogen-bond donors (Lipinski definition) is 0. The number of nitrogens with zero attached hydrogens (tertiary/aromatic N) is 1. The second-order valence-electron chi connectivity index (χ2n) is 4.14. The molecule has 0 saturated carbocycles. The maximum atomic E-state index is 8.90. The van der Waals surface area contributed by atoms with Crippen molar-refractivity contribution >= 4 is 5.57 Å². The van der Waals surface area contributed by atoms with E-state index in [4.69, 9.17) is 5.26 Å². The predicted octanol–water partition coefficient (Wildman–Crippen LogP) is 3.64. The zero-order valence-electron chi connectivity index (χ0n) is 8.75. The van der Waals surface area contributed by atoms with Gasteiger partial charge >= 0.3 is 0 Å². The third-order valence-electron chi connectivity index (χ3n) is 2.14. The molecule has 14 heavy (non-hydrogen) atoms. The van der Waals surface area contributed by atoms with Gasteiger partial charge in [0.2, 0.25) is 0 Å². The van der Waals surface area contributed by atoms with Gasteiger partial charge in [0.15, 0.2) is 0 Å². The average Bonchev–Trinajstić information content (AvgIpc) is 2.19. The number of allylic oxidation sites excluding steroid dienone is 1. The van der Waals surface area contributed by atoms with E-state index >= 15 is 0 Å². The number of benzene rings is 1. The average molecular weight is 185 g/mol. The highest BCUT2D eigenvalue weighted by molar-refractivity contribution is 5.63. The van der Waals surface area contributed by atoms with Crippen molar-refractivity contribution in [2.75, 3.05) is 0 Å². The molecule has 0 atom stereocenters. The molecule has 1 aromatic rings. The summed E-state index contributed by atoms with van der Waals surface area (Å²) in [6.45, 7) is 7.87. The van der Waals surface area contributed by atoms with Crippen LogP contribution in [0.15, 0.2) is 36.9 Å². The molecule has 1 nitrogen and oxygen atoms in total. The Morgan fingerprint density at radius 3 is 2.43 bits per heavy atom. The number of rotatable bonds is 3. The van der Waals surface area contributed by atoms with Crippen molar-refractivity contribution in [1.82, 2.24) is 0 Å². The maximum absolute atomic E-state index is 8.90. The first-order chi connectivity index (χ1) is 6.55. The van der Waals surface area contributed by atoms with E-state index in [1.165, 1.54) is 0 Å². The molecule has 0 amide bonds. The van der Waals surface area contributed by atoms with Gasteiger partial charge in [-0.2, -0.15) is 5.26 Å². The Bertz CT molecular complexity index is 355. The minimum atomic E-state index is -0.326. The van der Waals surface area contributed by atoms with Crippen LogP contribution in [-0.2, 0) is 0 Å². The van der Waals surface area contributed by atoms with Crippen molar-refractivity contribution in [3.8, 4) is 6.07 Å². The minimum absolute atomic E-state index is 0.326. The van der Waals surface area contributed by atoms with Crippen molar-refractivity contribution in [3.05, 3.63) is 42.5 Å². The van der Waals surface area contributed by atoms with Crippen LogP contribution < -0.4 is 0 Å². The molecule has 1 heteroatoms. The Balaban J connectivity index is 2.75. The van der Waals surface area contributed by atoms with E-state index in [1.807, 2.05) is 44.2 Å². The van der Waals surface area contributed by atoms with Crippen molar-refractivity contribution < 1.29 is 0 Å². The smallest absolute Gasteiger partial charge is 0.0687 e. The lowest BCUT2D eigenvalue weighted by Crippen LogP contribution is -2.08. The predicted molar refractivity (Wildman–Crippen MR) is 59.5 cm³/mol. The lowest BCUT2D eigenvalue weighted by atomic mass is 9.85. The minimum Gasteiger partial charge on any atom is -0.198 e. The van der Waals surface area contributed by atoms with Crippen molar-refractivity contribution in [2.24, 2.45) is 5.41 Å². The Morgan fingerprint density at radius 2 is 1.93 bits per heavy atom. The van der Waals surface area contributed by atoms with Gasteiger partial charge in [-0.3, -0.25) is 0 Å². The van der Waals surface area contributed by atoms with Crippen LogP contribution in [-0.4, -0.2) is 0 Å². The molecule has 72 valence electrons. The first kappa shape index (κ1) is 10.5. The monoisotopic (exact) mass is 185 g/mol. The van der Waals surface area contributed by atoms with Crippen molar-refractivity contribution in [1.29, 1.82) is 5.26 Å².